The number of hydrogen-bond acceptors (Lipinski definition) is 4. The lowest BCUT2D eigenvalue weighted by Gasteiger charge is -2.07. The highest BCUT2D eigenvalue weighted by atomic mass is 79.9. The van der Waals surface area contributed by atoms with Crippen molar-refractivity contribution in [2.24, 2.45) is 5.10 Å². The van der Waals surface area contributed by atoms with E-state index in [1.54, 1.807) is 12.1 Å². The molecule has 2 N–H and O–H groups in total. The summed E-state index contributed by atoms with van der Waals surface area (Å²) in [5.74, 6) is 0.123. The van der Waals surface area contributed by atoms with Crippen LogP contribution in [0.4, 0.5) is 5.69 Å². The minimum atomic E-state index is -0.349. The van der Waals surface area contributed by atoms with E-state index in [9.17, 15) is 9.59 Å². The summed E-state index contributed by atoms with van der Waals surface area (Å²) in [6.45, 7) is 4.37. The van der Waals surface area contributed by atoms with E-state index in [-0.39, 0.29) is 24.7 Å². The Morgan fingerprint density at radius 3 is 2.61 bits per heavy atom. The standard InChI is InChI=1S/C20H21BrClN3O3/c1-3-28-18-7-5-14(10-16(18)21)12-23-25-20(27)9-8-19(26)24-15-6-4-13(2)17(22)11-15/h4-7,10-12H,3,8-9H2,1-2H3,(H,24,26)(H,25,27). The Balaban J connectivity index is 1.77. The Morgan fingerprint density at radius 1 is 1.18 bits per heavy atom. The molecule has 2 rings (SSSR count). The van der Waals surface area contributed by atoms with Crippen LogP contribution in [0.5, 0.6) is 5.75 Å². The van der Waals surface area contributed by atoms with Gasteiger partial charge in [-0.25, -0.2) is 5.43 Å². The Morgan fingerprint density at radius 2 is 1.93 bits per heavy atom. The maximum Gasteiger partial charge on any atom is 0.240 e. The molecule has 0 heterocycles. The third-order valence-corrected chi connectivity index (χ3v) is 4.72. The van der Waals surface area contributed by atoms with Gasteiger partial charge in [-0.15, -0.1) is 0 Å². The van der Waals surface area contributed by atoms with Crippen LogP contribution in [0.15, 0.2) is 46.0 Å². The summed E-state index contributed by atoms with van der Waals surface area (Å²) in [5.41, 5.74) is 4.73. The van der Waals surface area contributed by atoms with Gasteiger partial charge in [0.2, 0.25) is 11.8 Å². The number of nitrogens with zero attached hydrogens (tertiary/aromatic N) is 1. The molecule has 0 atom stereocenters. The Hall–Kier alpha value is -2.38. The topological polar surface area (TPSA) is 79.8 Å². The van der Waals surface area contributed by atoms with Crippen molar-refractivity contribution < 1.29 is 14.3 Å². The van der Waals surface area contributed by atoms with Crippen LogP contribution in [0, 0.1) is 6.92 Å². The Labute approximate surface area is 177 Å². The number of amides is 2. The summed E-state index contributed by atoms with van der Waals surface area (Å²) in [4.78, 5) is 23.8. The monoisotopic (exact) mass is 465 g/mol. The van der Waals surface area contributed by atoms with Gasteiger partial charge in [0, 0.05) is 23.6 Å². The molecule has 2 aromatic rings. The molecule has 28 heavy (non-hydrogen) atoms. The molecule has 0 aromatic heterocycles. The number of aryl methyl sites for hydroxylation is 1. The maximum atomic E-state index is 11.9. The molecule has 0 aliphatic heterocycles. The van der Waals surface area contributed by atoms with Crippen LogP contribution < -0.4 is 15.5 Å². The SMILES string of the molecule is CCOc1ccc(C=NNC(=O)CCC(=O)Nc2ccc(C)c(Cl)c2)cc1Br. The number of rotatable bonds is 8. The molecule has 0 unspecified atom stereocenters. The van der Waals surface area contributed by atoms with E-state index in [0.29, 0.717) is 17.3 Å². The molecule has 2 amide bonds. The fourth-order valence-electron chi connectivity index (χ4n) is 2.23. The fourth-order valence-corrected chi connectivity index (χ4v) is 2.92. The highest BCUT2D eigenvalue weighted by Crippen LogP contribution is 2.25. The van der Waals surface area contributed by atoms with E-state index in [1.807, 2.05) is 38.1 Å². The zero-order valence-corrected chi connectivity index (χ0v) is 17.9. The molecule has 0 aliphatic carbocycles. The lowest BCUT2D eigenvalue weighted by atomic mass is 10.2. The zero-order chi connectivity index (χ0) is 20.5. The molecule has 0 saturated carbocycles. The molecule has 6 nitrogen and oxygen atoms in total. The first-order chi connectivity index (χ1) is 13.4. The van der Waals surface area contributed by atoms with Gasteiger partial charge in [-0.05, 0) is 71.2 Å². The molecule has 0 radical (unpaired) electrons. The molecule has 0 fully saturated rings. The van der Waals surface area contributed by atoms with Gasteiger partial charge in [-0.3, -0.25) is 9.59 Å². The molecule has 0 spiro atoms. The summed E-state index contributed by atoms with van der Waals surface area (Å²) < 4.78 is 6.24. The van der Waals surface area contributed by atoms with Gasteiger partial charge < -0.3 is 10.1 Å². The Bertz CT molecular complexity index is 887. The predicted octanol–water partition coefficient (Wildman–Crippen LogP) is 4.68. The number of halogens is 2. The molecular weight excluding hydrogens is 446 g/mol. The summed E-state index contributed by atoms with van der Waals surface area (Å²) in [7, 11) is 0. The van der Waals surface area contributed by atoms with Crippen LogP contribution in [0.25, 0.3) is 0 Å². The molecule has 2 aromatic carbocycles. The highest BCUT2D eigenvalue weighted by molar-refractivity contribution is 9.10. The smallest absolute Gasteiger partial charge is 0.240 e. The van der Waals surface area contributed by atoms with Crippen LogP contribution in [-0.4, -0.2) is 24.6 Å². The minimum Gasteiger partial charge on any atom is -0.493 e. The number of hydrazone groups is 1. The lowest BCUT2D eigenvalue weighted by molar-refractivity contribution is -0.124. The first-order valence-corrected chi connectivity index (χ1v) is 9.86. The van der Waals surface area contributed by atoms with Crippen molar-refractivity contribution in [3.05, 3.63) is 57.0 Å². The van der Waals surface area contributed by atoms with Crippen molar-refractivity contribution in [2.45, 2.75) is 26.7 Å². The van der Waals surface area contributed by atoms with E-state index in [2.05, 4.69) is 31.8 Å². The maximum absolute atomic E-state index is 11.9. The second kappa shape index (κ2) is 10.8. The highest BCUT2D eigenvalue weighted by Gasteiger charge is 2.08. The third kappa shape index (κ3) is 6.98. The van der Waals surface area contributed by atoms with Crippen LogP contribution in [0.2, 0.25) is 5.02 Å². The number of carbonyl (C=O) groups excluding carboxylic acids is 2. The third-order valence-electron chi connectivity index (χ3n) is 3.69. The molecule has 0 saturated heterocycles. The van der Waals surface area contributed by atoms with Crippen molar-refractivity contribution in [2.75, 3.05) is 11.9 Å². The van der Waals surface area contributed by atoms with Gasteiger partial charge in [-0.2, -0.15) is 5.10 Å². The van der Waals surface area contributed by atoms with E-state index < -0.39 is 0 Å². The van der Waals surface area contributed by atoms with Crippen LogP contribution in [0.3, 0.4) is 0 Å². The van der Waals surface area contributed by atoms with E-state index >= 15 is 0 Å². The van der Waals surface area contributed by atoms with Gasteiger partial charge in [0.1, 0.15) is 5.75 Å². The first kappa shape index (κ1) is 21.9. The van der Waals surface area contributed by atoms with Crippen molar-refractivity contribution in [3.63, 3.8) is 0 Å². The number of ether oxygens (including phenoxy) is 1. The van der Waals surface area contributed by atoms with E-state index in [1.165, 1.54) is 6.21 Å². The van der Waals surface area contributed by atoms with E-state index in [4.69, 9.17) is 16.3 Å². The van der Waals surface area contributed by atoms with Gasteiger partial charge in [-0.1, -0.05) is 17.7 Å². The molecule has 0 bridgehead atoms. The quantitative estimate of drug-likeness (QED) is 0.438. The van der Waals surface area contributed by atoms with Crippen LogP contribution >= 0.6 is 27.5 Å². The number of carbonyl (C=O) groups is 2. The lowest BCUT2D eigenvalue weighted by Crippen LogP contribution is -2.20. The number of benzene rings is 2. The Kier molecular flexibility index (Phi) is 8.47. The second-order valence-corrected chi connectivity index (χ2v) is 7.19. The zero-order valence-electron chi connectivity index (χ0n) is 15.6. The molecule has 8 heteroatoms. The van der Waals surface area contributed by atoms with Gasteiger partial charge in [0.25, 0.3) is 0 Å². The van der Waals surface area contributed by atoms with E-state index in [0.717, 1.165) is 21.3 Å². The first-order valence-electron chi connectivity index (χ1n) is 8.69. The summed E-state index contributed by atoms with van der Waals surface area (Å²) in [6, 6.07) is 10.7. The second-order valence-electron chi connectivity index (χ2n) is 5.93. The average Bonchev–Trinajstić information content (AvgIpc) is 2.65. The van der Waals surface area contributed by atoms with Crippen LogP contribution in [-0.2, 0) is 9.59 Å². The van der Waals surface area contributed by atoms with Gasteiger partial charge in [0.05, 0.1) is 17.3 Å². The van der Waals surface area contributed by atoms with Crippen molar-refractivity contribution >= 4 is 51.2 Å². The minimum absolute atomic E-state index is 0.0236. The normalized spacial score (nSPS) is 10.7. The largest absolute Gasteiger partial charge is 0.493 e. The number of anilines is 1. The van der Waals surface area contributed by atoms with Gasteiger partial charge in [0.15, 0.2) is 0 Å². The summed E-state index contributed by atoms with van der Waals surface area (Å²) >= 11 is 9.44. The predicted molar refractivity (Wildman–Crippen MR) is 115 cm³/mol. The van der Waals surface area contributed by atoms with Crippen LogP contribution in [0.1, 0.15) is 30.9 Å². The number of hydrogen-bond donors (Lipinski definition) is 2. The van der Waals surface area contributed by atoms with Crippen molar-refractivity contribution in [3.8, 4) is 5.75 Å². The van der Waals surface area contributed by atoms with Gasteiger partial charge >= 0.3 is 0 Å². The molecule has 0 aliphatic rings. The average molecular weight is 467 g/mol. The molecular formula is C20H21BrClN3O3. The number of nitrogens with one attached hydrogen (secondary N) is 2. The molecule has 148 valence electrons. The van der Waals surface area contributed by atoms with Crippen molar-refractivity contribution in [1.29, 1.82) is 0 Å². The fraction of sp³-hybridized carbons (Fsp3) is 0.250. The van der Waals surface area contributed by atoms with Crippen molar-refractivity contribution in [1.82, 2.24) is 5.43 Å². The summed E-state index contributed by atoms with van der Waals surface area (Å²) in [5, 5.41) is 7.19. The summed E-state index contributed by atoms with van der Waals surface area (Å²) in [6.07, 6.45) is 1.59.